The summed E-state index contributed by atoms with van der Waals surface area (Å²) in [7, 11) is 0. The van der Waals surface area contributed by atoms with Gasteiger partial charge in [0.2, 0.25) is 17.6 Å². The summed E-state index contributed by atoms with van der Waals surface area (Å²) in [4.78, 5) is 16.5. The fourth-order valence-corrected chi connectivity index (χ4v) is 3.06. The van der Waals surface area contributed by atoms with Gasteiger partial charge in [-0.1, -0.05) is 48.2 Å². The maximum absolute atomic E-state index is 12.1. The maximum Gasteiger partial charge on any atom is 0.228 e. The van der Waals surface area contributed by atoms with Gasteiger partial charge in [-0.3, -0.25) is 4.79 Å². The lowest BCUT2D eigenvalue weighted by molar-refractivity contribution is -0.125. The first-order chi connectivity index (χ1) is 11.2. The molecule has 122 valence electrons. The minimum atomic E-state index is 0.170. The van der Waals surface area contributed by atoms with Crippen molar-refractivity contribution in [2.75, 3.05) is 6.54 Å². The molecular formula is C18H23N3O2. The molecule has 0 radical (unpaired) electrons. The highest BCUT2D eigenvalue weighted by atomic mass is 16.5. The van der Waals surface area contributed by atoms with E-state index in [1.807, 2.05) is 31.2 Å². The number of carbonyl (C=O) groups excluding carboxylic acids is 1. The van der Waals surface area contributed by atoms with Gasteiger partial charge in [-0.25, -0.2) is 0 Å². The Labute approximate surface area is 136 Å². The maximum atomic E-state index is 12.1. The summed E-state index contributed by atoms with van der Waals surface area (Å²) in [6, 6.07) is 8.00. The Balaban J connectivity index is 1.50. The van der Waals surface area contributed by atoms with Crippen LogP contribution in [0, 0.1) is 12.8 Å². The zero-order valence-electron chi connectivity index (χ0n) is 13.5. The minimum absolute atomic E-state index is 0.170. The zero-order chi connectivity index (χ0) is 16.1. The van der Waals surface area contributed by atoms with Gasteiger partial charge >= 0.3 is 0 Å². The molecule has 1 heterocycles. The van der Waals surface area contributed by atoms with Crippen LogP contribution in [0.2, 0.25) is 0 Å². The summed E-state index contributed by atoms with van der Waals surface area (Å²) in [5.41, 5.74) is 2.11. The van der Waals surface area contributed by atoms with E-state index in [1.165, 1.54) is 19.3 Å². The van der Waals surface area contributed by atoms with Crippen LogP contribution in [0.5, 0.6) is 0 Å². The topological polar surface area (TPSA) is 68.0 Å². The molecule has 0 bridgehead atoms. The molecule has 0 spiro atoms. The minimum Gasteiger partial charge on any atom is -0.355 e. The number of amides is 1. The van der Waals surface area contributed by atoms with E-state index >= 15 is 0 Å². The molecule has 1 amide bonds. The summed E-state index contributed by atoms with van der Waals surface area (Å²) in [6.45, 7) is 2.58. The van der Waals surface area contributed by atoms with Crippen LogP contribution in [0.4, 0.5) is 0 Å². The first-order valence-electron chi connectivity index (χ1n) is 8.40. The molecule has 1 saturated carbocycles. The number of hydrogen-bond donors (Lipinski definition) is 1. The van der Waals surface area contributed by atoms with E-state index in [0.29, 0.717) is 24.7 Å². The van der Waals surface area contributed by atoms with Crippen LogP contribution >= 0.6 is 0 Å². The van der Waals surface area contributed by atoms with Gasteiger partial charge in [-0.2, -0.15) is 4.98 Å². The number of hydrogen-bond acceptors (Lipinski definition) is 4. The summed E-state index contributed by atoms with van der Waals surface area (Å²) in [6.07, 6.45) is 6.20. The second-order valence-electron chi connectivity index (χ2n) is 6.26. The van der Waals surface area contributed by atoms with Gasteiger partial charge < -0.3 is 9.84 Å². The highest BCUT2D eigenvalue weighted by molar-refractivity contribution is 5.78. The normalized spacial score (nSPS) is 15.5. The van der Waals surface area contributed by atoms with Gasteiger partial charge in [-0.15, -0.1) is 0 Å². The first kappa shape index (κ1) is 15.7. The van der Waals surface area contributed by atoms with E-state index in [0.717, 1.165) is 24.0 Å². The molecule has 0 atom stereocenters. The van der Waals surface area contributed by atoms with Crippen molar-refractivity contribution in [3.63, 3.8) is 0 Å². The molecule has 0 unspecified atom stereocenters. The molecule has 3 rings (SSSR count). The van der Waals surface area contributed by atoms with Crippen molar-refractivity contribution in [2.45, 2.75) is 45.4 Å². The Bertz CT molecular complexity index is 660. The van der Waals surface area contributed by atoms with Crippen LogP contribution in [0.15, 0.2) is 28.8 Å². The lowest BCUT2D eigenvalue weighted by Crippen LogP contribution is -2.33. The molecule has 0 saturated heterocycles. The Kier molecular flexibility index (Phi) is 5.05. The van der Waals surface area contributed by atoms with Crippen LogP contribution in [0.1, 0.15) is 43.6 Å². The average molecular weight is 313 g/mol. The van der Waals surface area contributed by atoms with Crippen molar-refractivity contribution in [3.8, 4) is 11.4 Å². The third-order valence-electron chi connectivity index (χ3n) is 4.36. The van der Waals surface area contributed by atoms with E-state index < -0.39 is 0 Å². The SMILES string of the molecule is Cc1cccc(-c2noc(CCNC(=O)C3CCCCC3)n2)c1. The fraction of sp³-hybridized carbons (Fsp3) is 0.500. The van der Waals surface area contributed by atoms with Gasteiger partial charge in [0.15, 0.2) is 0 Å². The fourth-order valence-electron chi connectivity index (χ4n) is 3.06. The molecule has 1 aromatic carbocycles. The van der Waals surface area contributed by atoms with Crippen molar-refractivity contribution < 1.29 is 9.32 Å². The van der Waals surface area contributed by atoms with Crippen LogP contribution in [0.25, 0.3) is 11.4 Å². The number of carbonyl (C=O) groups is 1. The number of rotatable bonds is 5. The first-order valence-corrected chi connectivity index (χ1v) is 8.40. The van der Waals surface area contributed by atoms with Gasteiger partial charge in [0.05, 0.1) is 0 Å². The summed E-state index contributed by atoms with van der Waals surface area (Å²) in [5.74, 6) is 1.52. The third-order valence-corrected chi connectivity index (χ3v) is 4.36. The molecular weight excluding hydrogens is 290 g/mol. The zero-order valence-corrected chi connectivity index (χ0v) is 13.5. The third kappa shape index (κ3) is 4.18. The predicted molar refractivity (Wildman–Crippen MR) is 87.8 cm³/mol. The highest BCUT2D eigenvalue weighted by Gasteiger charge is 2.20. The number of benzene rings is 1. The molecule has 1 aliphatic carbocycles. The quantitative estimate of drug-likeness (QED) is 0.919. The van der Waals surface area contributed by atoms with Crippen LogP contribution in [0.3, 0.4) is 0 Å². The lowest BCUT2D eigenvalue weighted by Gasteiger charge is -2.20. The lowest BCUT2D eigenvalue weighted by atomic mass is 9.89. The standard InChI is InChI=1S/C18H23N3O2/c1-13-6-5-9-15(12-13)17-20-16(23-21-17)10-11-19-18(22)14-7-3-2-4-8-14/h5-6,9,12,14H,2-4,7-8,10-11H2,1H3,(H,19,22). The molecule has 0 aliphatic heterocycles. The van der Waals surface area contributed by atoms with Crippen molar-refractivity contribution in [1.82, 2.24) is 15.5 Å². The van der Waals surface area contributed by atoms with Crippen LogP contribution in [-0.4, -0.2) is 22.6 Å². The number of nitrogens with zero attached hydrogens (tertiary/aromatic N) is 2. The summed E-state index contributed by atoms with van der Waals surface area (Å²) >= 11 is 0. The van der Waals surface area contributed by atoms with E-state index in [1.54, 1.807) is 0 Å². The summed E-state index contributed by atoms with van der Waals surface area (Å²) in [5, 5.41) is 7.01. The molecule has 2 aromatic rings. The highest BCUT2D eigenvalue weighted by Crippen LogP contribution is 2.23. The Hall–Kier alpha value is -2.17. The smallest absolute Gasteiger partial charge is 0.228 e. The summed E-state index contributed by atoms with van der Waals surface area (Å²) < 4.78 is 5.27. The van der Waals surface area contributed by atoms with E-state index in [2.05, 4.69) is 15.5 Å². The molecule has 5 heteroatoms. The van der Waals surface area contributed by atoms with Crippen molar-refractivity contribution in [1.29, 1.82) is 0 Å². The van der Waals surface area contributed by atoms with Gasteiger partial charge in [-0.05, 0) is 25.8 Å². The molecule has 1 N–H and O–H groups in total. The van der Waals surface area contributed by atoms with Gasteiger partial charge in [0.25, 0.3) is 0 Å². The van der Waals surface area contributed by atoms with Crippen LogP contribution < -0.4 is 5.32 Å². The van der Waals surface area contributed by atoms with Gasteiger partial charge in [0, 0.05) is 24.4 Å². The Morgan fingerprint density at radius 3 is 2.91 bits per heavy atom. The van der Waals surface area contributed by atoms with E-state index in [4.69, 9.17) is 4.52 Å². The van der Waals surface area contributed by atoms with Crippen molar-refractivity contribution in [3.05, 3.63) is 35.7 Å². The number of nitrogens with one attached hydrogen (secondary N) is 1. The predicted octanol–water partition coefficient (Wildman–Crippen LogP) is 3.28. The number of aromatic nitrogens is 2. The van der Waals surface area contributed by atoms with Crippen molar-refractivity contribution >= 4 is 5.91 Å². The van der Waals surface area contributed by atoms with Gasteiger partial charge in [0.1, 0.15) is 0 Å². The molecule has 23 heavy (non-hydrogen) atoms. The molecule has 1 aliphatic rings. The monoisotopic (exact) mass is 313 g/mol. The second kappa shape index (κ2) is 7.40. The molecule has 5 nitrogen and oxygen atoms in total. The molecule has 1 fully saturated rings. The van der Waals surface area contributed by atoms with Crippen LogP contribution in [-0.2, 0) is 11.2 Å². The van der Waals surface area contributed by atoms with Crippen molar-refractivity contribution in [2.24, 2.45) is 5.92 Å². The number of aryl methyl sites for hydroxylation is 1. The molecule has 1 aromatic heterocycles. The Morgan fingerprint density at radius 1 is 1.30 bits per heavy atom. The van der Waals surface area contributed by atoms with E-state index in [-0.39, 0.29) is 11.8 Å². The van der Waals surface area contributed by atoms with E-state index in [9.17, 15) is 4.79 Å². The average Bonchev–Trinajstić information content (AvgIpc) is 3.04. The Morgan fingerprint density at radius 2 is 2.13 bits per heavy atom. The second-order valence-corrected chi connectivity index (χ2v) is 6.26. The largest absolute Gasteiger partial charge is 0.355 e.